The molecule has 2 aromatic carbocycles. The van der Waals surface area contributed by atoms with Gasteiger partial charge in [0.2, 0.25) is 0 Å². The third kappa shape index (κ3) is 4.04. The summed E-state index contributed by atoms with van der Waals surface area (Å²) in [6, 6.07) is 12.6. The molecule has 7 heteroatoms. The van der Waals surface area contributed by atoms with E-state index in [1.54, 1.807) is 24.1 Å². The summed E-state index contributed by atoms with van der Waals surface area (Å²) in [5.41, 5.74) is 1.63. The summed E-state index contributed by atoms with van der Waals surface area (Å²) in [4.78, 5) is 19.6. The highest BCUT2D eigenvalue weighted by Crippen LogP contribution is 2.34. The van der Waals surface area contributed by atoms with Gasteiger partial charge in [0.1, 0.15) is 11.5 Å². The average Bonchev–Trinajstić information content (AvgIpc) is 2.93. The number of halogens is 1. The summed E-state index contributed by atoms with van der Waals surface area (Å²) in [6.45, 7) is 2.47. The number of rotatable bonds is 4. The molecule has 0 aromatic heterocycles. The Morgan fingerprint density at radius 2 is 2.00 bits per heavy atom. The van der Waals surface area contributed by atoms with E-state index in [1.807, 2.05) is 43.3 Å². The number of ether oxygens (including phenoxy) is 1. The fourth-order valence-electron chi connectivity index (χ4n) is 2.40. The Hall–Kier alpha value is -2.00. The van der Waals surface area contributed by atoms with Crippen LogP contribution in [0.15, 0.2) is 52.4 Å². The minimum Gasteiger partial charge on any atom is -0.507 e. The molecule has 1 aliphatic rings. The molecule has 0 spiro atoms. The molecule has 1 saturated heterocycles. The van der Waals surface area contributed by atoms with Gasteiger partial charge in [-0.25, -0.2) is 4.99 Å². The average molecular weight is 480 g/mol. The highest BCUT2D eigenvalue weighted by atomic mass is 127. The Morgan fingerprint density at radius 1 is 1.27 bits per heavy atom. The van der Waals surface area contributed by atoms with Crippen molar-refractivity contribution in [1.29, 1.82) is 0 Å². The van der Waals surface area contributed by atoms with Crippen LogP contribution >= 0.6 is 34.4 Å². The molecular formula is C19H17IN2O3S. The topological polar surface area (TPSA) is 62.1 Å². The van der Waals surface area contributed by atoms with Crippen LogP contribution in [-0.4, -0.2) is 34.7 Å². The van der Waals surface area contributed by atoms with Gasteiger partial charge in [-0.2, -0.15) is 0 Å². The van der Waals surface area contributed by atoms with Gasteiger partial charge in [0.15, 0.2) is 5.17 Å². The Kier molecular flexibility index (Phi) is 5.87. The number of thioether (sulfide) groups is 1. The molecule has 26 heavy (non-hydrogen) atoms. The van der Waals surface area contributed by atoms with Crippen LogP contribution < -0.4 is 4.74 Å². The van der Waals surface area contributed by atoms with E-state index in [-0.39, 0.29) is 11.7 Å². The van der Waals surface area contributed by atoms with Gasteiger partial charge >= 0.3 is 0 Å². The lowest BCUT2D eigenvalue weighted by atomic mass is 10.2. The van der Waals surface area contributed by atoms with Gasteiger partial charge in [-0.15, -0.1) is 0 Å². The molecule has 134 valence electrons. The number of amidine groups is 1. The van der Waals surface area contributed by atoms with E-state index in [0.717, 1.165) is 20.6 Å². The zero-order valence-electron chi connectivity index (χ0n) is 14.3. The van der Waals surface area contributed by atoms with Crippen molar-refractivity contribution in [1.82, 2.24) is 4.90 Å². The van der Waals surface area contributed by atoms with Gasteiger partial charge < -0.3 is 9.84 Å². The van der Waals surface area contributed by atoms with Crippen molar-refractivity contribution in [2.45, 2.75) is 6.92 Å². The van der Waals surface area contributed by atoms with E-state index >= 15 is 0 Å². The lowest BCUT2D eigenvalue weighted by Gasteiger charge is -2.12. The fourth-order valence-corrected chi connectivity index (χ4v) is 4.00. The number of hydrogen-bond acceptors (Lipinski definition) is 5. The summed E-state index contributed by atoms with van der Waals surface area (Å²) in [6.07, 6.45) is 1.83. The number of carbonyl (C=O) groups excluding carboxylic acids is 1. The maximum Gasteiger partial charge on any atom is 0.266 e. The number of phenolic OH excluding ortho intramolecular Hbond substituents is 1. The van der Waals surface area contributed by atoms with Crippen molar-refractivity contribution in [3.8, 4) is 11.5 Å². The number of aromatic hydroxyl groups is 1. The molecule has 0 atom stereocenters. The number of phenols is 1. The lowest BCUT2D eigenvalue weighted by Crippen LogP contribution is -2.28. The molecule has 0 aliphatic carbocycles. The number of aliphatic imine (C=N–C) groups is 1. The highest BCUT2D eigenvalue weighted by Gasteiger charge is 2.32. The van der Waals surface area contributed by atoms with E-state index in [2.05, 4.69) is 27.6 Å². The summed E-state index contributed by atoms with van der Waals surface area (Å²) in [7, 11) is 1.62. The number of methoxy groups -OCH3 is 1. The summed E-state index contributed by atoms with van der Waals surface area (Å²) < 4.78 is 5.90. The molecule has 1 heterocycles. The number of amides is 1. The highest BCUT2D eigenvalue weighted by molar-refractivity contribution is 14.1. The molecule has 5 nitrogen and oxygen atoms in total. The Balaban J connectivity index is 1.90. The normalized spacial score (nSPS) is 17.3. The number of nitrogens with zero attached hydrogens (tertiary/aromatic N) is 2. The summed E-state index contributed by atoms with van der Waals surface area (Å²) >= 11 is 3.42. The van der Waals surface area contributed by atoms with Gasteiger partial charge in [-0.3, -0.25) is 9.69 Å². The quantitative estimate of drug-likeness (QED) is 0.512. The van der Waals surface area contributed by atoms with Crippen LogP contribution in [0.1, 0.15) is 12.5 Å². The second-order valence-corrected chi connectivity index (χ2v) is 7.63. The summed E-state index contributed by atoms with van der Waals surface area (Å²) in [5, 5.41) is 10.3. The van der Waals surface area contributed by atoms with Crippen LogP contribution in [0.25, 0.3) is 6.08 Å². The van der Waals surface area contributed by atoms with Gasteiger partial charge in [0.05, 0.1) is 21.3 Å². The fraction of sp³-hybridized carbons (Fsp3) is 0.158. The van der Waals surface area contributed by atoms with Gasteiger partial charge in [0.25, 0.3) is 5.91 Å². The van der Waals surface area contributed by atoms with Crippen molar-refractivity contribution >= 4 is 57.2 Å². The zero-order chi connectivity index (χ0) is 18.7. The maximum atomic E-state index is 12.7. The third-order valence-corrected chi connectivity index (χ3v) is 5.64. The van der Waals surface area contributed by atoms with Crippen molar-refractivity contribution in [2.75, 3.05) is 13.7 Å². The predicted molar refractivity (Wildman–Crippen MR) is 114 cm³/mol. The Morgan fingerprint density at radius 3 is 2.62 bits per heavy atom. The number of carbonyl (C=O) groups is 1. The second-order valence-electron chi connectivity index (χ2n) is 5.46. The molecule has 1 N–H and O–H groups in total. The summed E-state index contributed by atoms with van der Waals surface area (Å²) in [5.74, 6) is 0.932. The molecule has 1 aliphatic heterocycles. The molecular weight excluding hydrogens is 463 g/mol. The molecule has 2 aromatic rings. The van der Waals surface area contributed by atoms with E-state index in [0.29, 0.717) is 16.6 Å². The van der Waals surface area contributed by atoms with Crippen molar-refractivity contribution in [3.05, 3.63) is 56.5 Å². The van der Waals surface area contributed by atoms with Crippen molar-refractivity contribution < 1.29 is 14.6 Å². The Labute approximate surface area is 169 Å². The zero-order valence-corrected chi connectivity index (χ0v) is 17.2. The predicted octanol–water partition coefficient (Wildman–Crippen LogP) is 4.63. The molecule has 3 rings (SSSR count). The molecule has 1 amide bonds. The SMILES string of the molecule is CCN1C(=O)C(=Cc2ccc(O)c(I)c2)SC1=Nc1ccc(OC)cc1. The molecule has 0 bridgehead atoms. The van der Waals surface area contributed by atoms with Crippen LogP contribution in [-0.2, 0) is 4.79 Å². The van der Waals surface area contributed by atoms with E-state index < -0.39 is 0 Å². The number of benzene rings is 2. The first kappa shape index (κ1) is 18.8. The minimum atomic E-state index is -0.0622. The van der Waals surface area contributed by atoms with E-state index in [1.165, 1.54) is 11.8 Å². The standard InChI is InChI=1S/C19H17IN2O3S/c1-3-22-18(24)17(11-12-4-9-16(23)15(20)10-12)26-19(22)21-13-5-7-14(25-2)8-6-13/h4-11,23H,3H2,1-2H3. The van der Waals surface area contributed by atoms with Gasteiger partial charge in [-0.1, -0.05) is 6.07 Å². The first-order chi connectivity index (χ1) is 12.5. The van der Waals surface area contributed by atoms with Crippen molar-refractivity contribution in [3.63, 3.8) is 0 Å². The number of hydrogen-bond donors (Lipinski definition) is 1. The molecule has 0 saturated carbocycles. The largest absolute Gasteiger partial charge is 0.507 e. The van der Waals surface area contributed by atoms with Crippen LogP contribution in [0.2, 0.25) is 0 Å². The maximum absolute atomic E-state index is 12.7. The second kappa shape index (κ2) is 8.13. The number of likely N-dealkylation sites (N-methyl/N-ethyl adjacent to an activating group) is 1. The van der Waals surface area contributed by atoms with Gasteiger partial charge in [-0.05, 0) is 89.3 Å². The first-order valence-electron chi connectivity index (χ1n) is 7.94. The van der Waals surface area contributed by atoms with E-state index in [4.69, 9.17) is 4.74 Å². The molecule has 0 radical (unpaired) electrons. The smallest absolute Gasteiger partial charge is 0.266 e. The Bertz CT molecular complexity index is 894. The van der Waals surface area contributed by atoms with Crippen LogP contribution in [0, 0.1) is 3.57 Å². The van der Waals surface area contributed by atoms with Crippen molar-refractivity contribution in [2.24, 2.45) is 4.99 Å². The molecule has 1 fully saturated rings. The monoisotopic (exact) mass is 480 g/mol. The minimum absolute atomic E-state index is 0.0622. The van der Waals surface area contributed by atoms with Crippen LogP contribution in [0.3, 0.4) is 0 Å². The van der Waals surface area contributed by atoms with Crippen LogP contribution in [0.5, 0.6) is 11.5 Å². The lowest BCUT2D eigenvalue weighted by molar-refractivity contribution is -0.122. The first-order valence-corrected chi connectivity index (χ1v) is 9.84. The third-order valence-electron chi connectivity index (χ3n) is 3.77. The molecule has 0 unspecified atom stereocenters. The van der Waals surface area contributed by atoms with Crippen LogP contribution in [0.4, 0.5) is 5.69 Å². The van der Waals surface area contributed by atoms with E-state index in [9.17, 15) is 9.90 Å². The van der Waals surface area contributed by atoms with Gasteiger partial charge in [0, 0.05) is 6.54 Å².